The summed E-state index contributed by atoms with van der Waals surface area (Å²) < 4.78 is 12.1. The summed E-state index contributed by atoms with van der Waals surface area (Å²) in [7, 11) is -3.24. The number of para-hydroxylation sites is 1. The molecule has 0 spiro atoms. The molecular weight excluding hydrogens is 219 g/mol. The molecule has 0 atom stereocenters. The number of hydrogen-bond acceptors (Lipinski definition) is 3. The van der Waals surface area contributed by atoms with Crippen molar-refractivity contribution in [1.82, 2.24) is 4.98 Å². The summed E-state index contributed by atoms with van der Waals surface area (Å²) in [5.41, 5.74) is 11.2. The lowest BCUT2D eigenvalue weighted by Gasteiger charge is -2.04. The molecule has 5 nitrogen and oxygen atoms in total. The van der Waals surface area contributed by atoms with Crippen LogP contribution in [0, 0.1) is 0 Å². The van der Waals surface area contributed by atoms with Crippen molar-refractivity contribution in [3.8, 4) is 0 Å². The molecule has 7 heteroatoms. The van der Waals surface area contributed by atoms with Gasteiger partial charge in [0.05, 0.1) is 10.2 Å². The minimum Gasteiger partial charge on any atom is -0.289 e. The van der Waals surface area contributed by atoms with Crippen LogP contribution in [0.4, 0.5) is 5.13 Å². The molecule has 2 aromatic rings. The van der Waals surface area contributed by atoms with Crippen LogP contribution in [0.25, 0.3) is 10.2 Å². The van der Waals surface area contributed by atoms with Gasteiger partial charge in [-0.3, -0.25) is 20.7 Å². The van der Waals surface area contributed by atoms with Crippen molar-refractivity contribution < 1.29 is 4.57 Å². The largest absolute Gasteiger partial charge is 0.299 e. The molecule has 1 aromatic heterocycles. The Morgan fingerprint density at radius 1 is 1.36 bits per heavy atom. The first kappa shape index (κ1) is 9.61. The predicted octanol–water partition coefficient (Wildman–Crippen LogP) is 1.73. The van der Waals surface area contributed by atoms with Crippen molar-refractivity contribution in [1.29, 1.82) is 0 Å². The normalized spacial score (nSPS) is 11.9. The Bertz CT molecular complexity index is 472. The van der Waals surface area contributed by atoms with Gasteiger partial charge in [-0.25, -0.2) is 4.98 Å². The van der Waals surface area contributed by atoms with E-state index in [9.17, 15) is 4.57 Å². The second kappa shape index (κ2) is 3.33. The number of nitrogens with zero attached hydrogens (tertiary/aromatic N) is 1. The highest BCUT2D eigenvalue weighted by Gasteiger charge is 2.11. The first-order chi connectivity index (χ1) is 6.54. The van der Waals surface area contributed by atoms with Gasteiger partial charge in [0.15, 0.2) is 5.13 Å². The van der Waals surface area contributed by atoms with Crippen LogP contribution in [0.5, 0.6) is 0 Å². The van der Waals surface area contributed by atoms with E-state index in [0.717, 1.165) is 10.2 Å². The Morgan fingerprint density at radius 3 is 2.71 bits per heavy atom. The van der Waals surface area contributed by atoms with Gasteiger partial charge >= 0.3 is 0 Å². The standard InChI is InChI=1S/C7H9N4OPS/c8-13(9,12)11-7-10-5-3-1-2-4-6(5)14-7/h1-4H,(H5,8,9,10,11,12). The monoisotopic (exact) mass is 228 g/mol. The van der Waals surface area contributed by atoms with Crippen molar-refractivity contribution in [2.75, 3.05) is 5.09 Å². The van der Waals surface area contributed by atoms with E-state index < -0.39 is 7.59 Å². The highest BCUT2D eigenvalue weighted by atomic mass is 32.1. The van der Waals surface area contributed by atoms with Crippen molar-refractivity contribution in [3.05, 3.63) is 24.3 Å². The Labute approximate surface area is 84.7 Å². The number of rotatable bonds is 2. The zero-order valence-electron chi connectivity index (χ0n) is 7.18. The number of aromatic nitrogens is 1. The average molecular weight is 228 g/mol. The van der Waals surface area contributed by atoms with E-state index in [1.165, 1.54) is 11.3 Å². The molecule has 0 bridgehead atoms. The van der Waals surface area contributed by atoms with E-state index in [-0.39, 0.29) is 0 Å². The van der Waals surface area contributed by atoms with E-state index in [1.807, 2.05) is 24.3 Å². The van der Waals surface area contributed by atoms with Crippen molar-refractivity contribution in [2.24, 2.45) is 11.0 Å². The number of hydrogen-bond donors (Lipinski definition) is 3. The first-order valence-corrected chi connectivity index (χ1v) is 6.52. The zero-order valence-corrected chi connectivity index (χ0v) is 8.89. The lowest BCUT2D eigenvalue weighted by Crippen LogP contribution is -2.12. The lowest BCUT2D eigenvalue weighted by atomic mass is 10.3. The van der Waals surface area contributed by atoms with E-state index in [1.54, 1.807) is 0 Å². The van der Waals surface area contributed by atoms with Crippen molar-refractivity contribution in [2.45, 2.75) is 0 Å². The van der Waals surface area contributed by atoms with Crippen molar-refractivity contribution in [3.63, 3.8) is 0 Å². The fourth-order valence-corrected chi connectivity index (χ4v) is 2.75. The molecule has 0 saturated heterocycles. The molecular formula is C7H9N4OPS. The summed E-state index contributed by atoms with van der Waals surface area (Å²) in [6.45, 7) is 0. The average Bonchev–Trinajstić information content (AvgIpc) is 2.42. The summed E-state index contributed by atoms with van der Waals surface area (Å²) in [6, 6.07) is 7.59. The number of nitrogens with one attached hydrogen (secondary N) is 1. The molecule has 0 unspecified atom stereocenters. The third kappa shape index (κ3) is 2.10. The molecule has 0 saturated carbocycles. The predicted molar refractivity (Wildman–Crippen MR) is 59.2 cm³/mol. The summed E-state index contributed by atoms with van der Waals surface area (Å²) in [5.74, 6) is 0. The molecule has 5 N–H and O–H groups in total. The highest BCUT2D eigenvalue weighted by Crippen LogP contribution is 2.33. The fourth-order valence-electron chi connectivity index (χ4n) is 1.07. The van der Waals surface area contributed by atoms with Crippen LogP contribution in [0.3, 0.4) is 0 Å². The van der Waals surface area contributed by atoms with E-state index in [0.29, 0.717) is 5.13 Å². The molecule has 0 aliphatic rings. The van der Waals surface area contributed by atoms with Gasteiger partial charge in [-0.15, -0.1) is 0 Å². The SMILES string of the molecule is NP(N)(=O)Nc1nc2ccccc2s1. The van der Waals surface area contributed by atoms with E-state index >= 15 is 0 Å². The Hall–Kier alpha value is -0.940. The Kier molecular flexibility index (Phi) is 2.28. The number of nitrogens with two attached hydrogens (primary N) is 2. The topological polar surface area (TPSA) is 94.0 Å². The molecule has 0 radical (unpaired) electrons. The van der Waals surface area contributed by atoms with Crippen molar-refractivity contribution >= 4 is 34.3 Å². The molecule has 0 amide bonds. The van der Waals surface area contributed by atoms with Gasteiger partial charge < -0.3 is 0 Å². The summed E-state index contributed by atoms with van der Waals surface area (Å²) in [6.07, 6.45) is 0. The molecule has 0 aliphatic carbocycles. The molecule has 14 heavy (non-hydrogen) atoms. The van der Waals surface area contributed by atoms with Crippen LogP contribution in [0.1, 0.15) is 0 Å². The van der Waals surface area contributed by atoms with Crippen LogP contribution in [-0.2, 0) is 4.57 Å². The highest BCUT2D eigenvalue weighted by molar-refractivity contribution is 7.61. The summed E-state index contributed by atoms with van der Waals surface area (Å²) in [5, 5.41) is 2.97. The van der Waals surface area contributed by atoms with Gasteiger partial charge in [-0.05, 0) is 12.1 Å². The second-order valence-corrected chi connectivity index (χ2v) is 5.48. The Balaban J connectivity index is 2.41. The smallest absolute Gasteiger partial charge is 0.289 e. The Morgan fingerprint density at radius 2 is 2.07 bits per heavy atom. The molecule has 1 heterocycles. The molecule has 0 aliphatic heterocycles. The maximum atomic E-state index is 11.1. The molecule has 0 fully saturated rings. The van der Waals surface area contributed by atoms with Crippen LogP contribution < -0.4 is 16.1 Å². The van der Waals surface area contributed by atoms with Gasteiger partial charge in [0, 0.05) is 0 Å². The van der Waals surface area contributed by atoms with Crippen LogP contribution in [0.2, 0.25) is 0 Å². The maximum absolute atomic E-state index is 11.1. The number of anilines is 1. The van der Waals surface area contributed by atoms with Gasteiger partial charge in [-0.2, -0.15) is 0 Å². The quantitative estimate of drug-likeness (QED) is 0.680. The minimum atomic E-state index is -3.24. The van der Waals surface area contributed by atoms with Gasteiger partial charge in [0.2, 0.25) is 0 Å². The minimum absolute atomic E-state index is 0.486. The number of benzene rings is 1. The summed E-state index contributed by atoms with van der Waals surface area (Å²) >= 11 is 1.37. The van der Waals surface area contributed by atoms with Crippen LogP contribution in [-0.4, -0.2) is 4.98 Å². The maximum Gasteiger partial charge on any atom is 0.299 e. The second-order valence-electron chi connectivity index (χ2n) is 2.81. The fraction of sp³-hybridized carbons (Fsp3) is 0. The van der Waals surface area contributed by atoms with Gasteiger partial charge in [-0.1, -0.05) is 23.5 Å². The third-order valence-electron chi connectivity index (χ3n) is 1.56. The van der Waals surface area contributed by atoms with Crippen LogP contribution >= 0.6 is 18.9 Å². The number of thiazole rings is 1. The summed E-state index contributed by atoms with van der Waals surface area (Å²) in [4.78, 5) is 4.17. The lowest BCUT2D eigenvalue weighted by molar-refractivity contribution is 0.580. The molecule has 2 rings (SSSR count). The molecule has 74 valence electrons. The number of fused-ring (bicyclic) bond motifs is 1. The third-order valence-corrected chi connectivity index (χ3v) is 3.23. The van der Waals surface area contributed by atoms with E-state index in [2.05, 4.69) is 10.1 Å². The zero-order chi connectivity index (χ0) is 10.2. The first-order valence-electron chi connectivity index (χ1n) is 3.86. The van der Waals surface area contributed by atoms with Gasteiger partial charge in [0.1, 0.15) is 0 Å². The van der Waals surface area contributed by atoms with Gasteiger partial charge in [0.25, 0.3) is 7.59 Å². The van der Waals surface area contributed by atoms with E-state index in [4.69, 9.17) is 11.0 Å². The molecule has 1 aromatic carbocycles. The van der Waals surface area contributed by atoms with Crippen LogP contribution in [0.15, 0.2) is 24.3 Å².